The minimum absolute atomic E-state index is 0.134. The Morgan fingerprint density at radius 3 is 2.93 bits per heavy atom. The minimum Gasteiger partial charge on any atom is -0.475 e. The van der Waals surface area contributed by atoms with Crippen molar-refractivity contribution in [2.24, 2.45) is 0 Å². The topological polar surface area (TPSA) is 74.7 Å². The first-order valence-corrected chi connectivity index (χ1v) is 5.81. The van der Waals surface area contributed by atoms with Gasteiger partial charge in [-0.3, -0.25) is 0 Å². The van der Waals surface area contributed by atoms with Gasteiger partial charge in [0.25, 0.3) is 0 Å². The molecular weight excluding hydrogens is 204 g/mol. The van der Waals surface area contributed by atoms with Crippen molar-refractivity contribution in [1.82, 2.24) is 0 Å². The molecule has 1 aliphatic heterocycles. The van der Waals surface area contributed by atoms with Crippen LogP contribution in [-0.2, 0) is 15.5 Å². The third-order valence-electron chi connectivity index (χ3n) is 2.64. The van der Waals surface area contributed by atoms with Gasteiger partial charge < -0.3 is 9.84 Å². The highest BCUT2D eigenvalue weighted by molar-refractivity contribution is 7.89. The number of aliphatic hydroxyl groups excluding tert-OH is 1. The molecule has 76 valence electrons. The molecule has 0 radical (unpaired) electrons. The second kappa shape index (κ2) is 3.58. The fraction of sp³-hybridized carbons (Fsp3) is 0.750. The number of diazo groups is 1. The van der Waals surface area contributed by atoms with Gasteiger partial charge in [0.05, 0.1) is 5.25 Å². The maximum atomic E-state index is 11.8. The lowest BCUT2D eigenvalue weighted by atomic mass is 9.97. The summed E-state index contributed by atoms with van der Waals surface area (Å²) in [5.74, 6) is -0.492. The summed E-state index contributed by atoms with van der Waals surface area (Å²) in [5, 5.41) is 17.5. The summed E-state index contributed by atoms with van der Waals surface area (Å²) < 4.78 is 16.9. The molecule has 1 N–H and O–H groups in total. The van der Waals surface area contributed by atoms with Gasteiger partial charge in [0, 0.05) is 0 Å². The molecule has 0 aromatic rings. The third kappa shape index (κ3) is 1.38. The van der Waals surface area contributed by atoms with Crippen molar-refractivity contribution in [1.29, 1.82) is 5.39 Å². The molecule has 0 aromatic heterocycles. The van der Waals surface area contributed by atoms with Crippen LogP contribution in [0.25, 0.3) is 4.98 Å². The number of hydrogen-bond acceptors (Lipinski definition) is 4. The highest BCUT2D eigenvalue weighted by atomic mass is 32.2. The van der Waals surface area contributed by atoms with E-state index >= 15 is 0 Å². The predicted molar refractivity (Wildman–Crippen MR) is 50.0 cm³/mol. The quantitative estimate of drug-likeness (QED) is 0.623. The molecule has 0 unspecified atom stereocenters. The van der Waals surface area contributed by atoms with E-state index in [0.29, 0.717) is 0 Å². The zero-order valence-corrected chi connectivity index (χ0v) is 8.37. The van der Waals surface area contributed by atoms with E-state index in [9.17, 15) is 9.32 Å². The van der Waals surface area contributed by atoms with E-state index < -0.39 is 16.7 Å². The van der Waals surface area contributed by atoms with Crippen LogP contribution >= 0.6 is 0 Å². The Bertz CT molecular complexity index is 347. The average Bonchev–Trinajstić information content (AvgIpc) is 2.18. The smallest absolute Gasteiger partial charge is 0.475 e. The van der Waals surface area contributed by atoms with Crippen LogP contribution in [0.15, 0.2) is 11.0 Å². The summed E-state index contributed by atoms with van der Waals surface area (Å²) in [5.41, 5.74) is 0. The molecule has 0 bridgehead atoms. The van der Waals surface area contributed by atoms with Crippen molar-refractivity contribution in [3.05, 3.63) is 16.0 Å². The summed E-state index contributed by atoms with van der Waals surface area (Å²) in [6.45, 7) is 0. The maximum absolute atomic E-state index is 11.8. The first-order chi connectivity index (χ1) is 6.74. The summed E-state index contributed by atoms with van der Waals surface area (Å²) in [4.78, 5) is 2.81. The Hall–Kier alpha value is -1.09. The van der Waals surface area contributed by atoms with Gasteiger partial charge in [0.2, 0.25) is 5.39 Å². The molecule has 5 nitrogen and oxygen atoms in total. The fourth-order valence-corrected chi connectivity index (χ4v) is 3.38. The predicted octanol–water partition coefficient (Wildman–Crippen LogP) is 1.61. The normalized spacial score (nSPS) is 36.9. The van der Waals surface area contributed by atoms with Gasteiger partial charge in [-0.15, -0.1) is 0 Å². The van der Waals surface area contributed by atoms with E-state index in [1.54, 1.807) is 0 Å². The lowest BCUT2D eigenvalue weighted by Gasteiger charge is -2.30. The number of nitrogens with zero attached hydrogens (tertiary/aromatic N) is 2. The standard InChI is InChI=1S/C8H10N2O3S/c9-10-7-8(11)13-5-3-1-2-4-6(5)14(7)12/h5-6H,1-4H2/p+1/t5-,6-,14-/m0/s1. The summed E-state index contributed by atoms with van der Waals surface area (Å²) >= 11 is 0. The van der Waals surface area contributed by atoms with Crippen LogP contribution in [0.2, 0.25) is 0 Å². The number of aliphatic hydroxyl groups is 1. The highest BCUT2D eigenvalue weighted by Gasteiger charge is 2.46. The Balaban J connectivity index is 2.31. The van der Waals surface area contributed by atoms with Crippen LogP contribution in [0.4, 0.5) is 0 Å². The van der Waals surface area contributed by atoms with E-state index in [2.05, 4.69) is 4.98 Å². The van der Waals surface area contributed by atoms with Gasteiger partial charge in [-0.05, 0) is 19.3 Å². The van der Waals surface area contributed by atoms with Gasteiger partial charge >= 0.3 is 11.0 Å². The first kappa shape index (κ1) is 9.46. The fourth-order valence-electron chi connectivity index (χ4n) is 1.95. The van der Waals surface area contributed by atoms with E-state index in [0.717, 1.165) is 25.7 Å². The summed E-state index contributed by atoms with van der Waals surface area (Å²) in [6, 6.07) is 0. The van der Waals surface area contributed by atoms with Gasteiger partial charge in [-0.1, -0.05) is 6.42 Å². The number of hydrogen-bond donors (Lipinski definition) is 1. The third-order valence-corrected chi connectivity index (χ3v) is 4.37. The molecule has 1 saturated carbocycles. The number of fused-ring (bicyclic) bond motifs is 1. The monoisotopic (exact) mass is 215 g/mol. The molecule has 0 amide bonds. The molecule has 0 saturated heterocycles. The van der Waals surface area contributed by atoms with Gasteiger partial charge in [-0.25, -0.2) is 4.21 Å². The summed E-state index contributed by atoms with van der Waals surface area (Å²) in [6.07, 6.45) is 3.45. The number of rotatable bonds is 0. The Morgan fingerprint density at radius 1 is 1.50 bits per heavy atom. The zero-order chi connectivity index (χ0) is 10.1. The second-order valence-electron chi connectivity index (χ2n) is 3.49. The van der Waals surface area contributed by atoms with E-state index in [1.807, 2.05) is 0 Å². The Labute approximate surface area is 83.8 Å². The Kier molecular flexibility index (Phi) is 2.42. The van der Waals surface area contributed by atoms with Crippen LogP contribution in [0, 0.1) is 5.39 Å². The molecular formula is C8H11N2O3S+. The van der Waals surface area contributed by atoms with Crippen LogP contribution in [0.5, 0.6) is 0 Å². The number of ether oxygens (including phenoxy) is 1. The molecule has 1 aliphatic carbocycles. The minimum atomic E-state index is -1.44. The molecule has 2 rings (SSSR count). The van der Waals surface area contributed by atoms with Gasteiger partial charge in [-0.2, -0.15) is 0 Å². The second-order valence-corrected chi connectivity index (χ2v) is 5.07. The van der Waals surface area contributed by atoms with Gasteiger partial charge in [0.15, 0.2) is 15.8 Å². The van der Waals surface area contributed by atoms with Gasteiger partial charge in [0.1, 0.15) is 6.10 Å². The van der Waals surface area contributed by atoms with Crippen molar-refractivity contribution in [2.75, 3.05) is 0 Å². The SMILES string of the molecule is N#[N+]C1=C(O)O[C@H]2CCCC[C@@H]2[S@@]1=O. The molecule has 14 heavy (non-hydrogen) atoms. The van der Waals surface area contributed by atoms with Crippen molar-refractivity contribution < 1.29 is 14.1 Å². The molecule has 1 heterocycles. The molecule has 0 aromatic carbocycles. The first-order valence-electron chi connectivity index (χ1n) is 4.59. The lowest BCUT2D eigenvalue weighted by molar-refractivity contribution is 0.0106. The summed E-state index contributed by atoms with van der Waals surface area (Å²) in [7, 11) is -1.44. The highest BCUT2D eigenvalue weighted by Crippen LogP contribution is 2.34. The Morgan fingerprint density at radius 2 is 2.21 bits per heavy atom. The largest absolute Gasteiger partial charge is 0.527 e. The van der Waals surface area contributed by atoms with Crippen molar-refractivity contribution in [3.63, 3.8) is 0 Å². The van der Waals surface area contributed by atoms with Crippen molar-refractivity contribution in [3.8, 4) is 0 Å². The van der Waals surface area contributed by atoms with E-state index in [1.165, 1.54) is 0 Å². The maximum Gasteiger partial charge on any atom is 0.527 e. The molecule has 1 fully saturated rings. The molecule has 0 spiro atoms. The molecule has 3 atom stereocenters. The van der Waals surface area contributed by atoms with Crippen LogP contribution in [0.3, 0.4) is 0 Å². The van der Waals surface area contributed by atoms with Crippen molar-refractivity contribution >= 4 is 10.8 Å². The van der Waals surface area contributed by atoms with Crippen LogP contribution < -0.4 is 0 Å². The van der Waals surface area contributed by atoms with E-state index in [-0.39, 0.29) is 16.4 Å². The van der Waals surface area contributed by atoms with Crippen molar-refractivity contribution in [2.45, 2.75) is 37.0 Å². The van der Waals surface area contributed by atoms with Crippen LogP contribution in [0.1, 0.15) is 25.7 Å². The molecule has 6 heteroatoms. The molecule has 2 aliphatic rings. The average molecular weight is 215 g/mol. The van der Waals surface area contributed by atoms with E-state index in [4.69, 9.17) is 10.1 Å². The van der Waals surface area contributed by atoms with Crippen LogP contribution in [-0.4, -0.2) is 20.7 Å². The zero-order valence-electron chi connectivity index (χ0n) is 7.55. The lowest BCUT2D eigenvalue weighted by Crippen LogP contribution is -2.39.